The smallest absolute Gasteiger partial charge is 0.237 e. The molecule has 1 N–H and O–H groups in total. The Bertz CT molecular complexity index is 366. The number of amides is 1. The molecule has 0 aliphatic heterocycles. The first kappa shape index (κ1) is 12.9. The highest BCUT2D eigenvalue weighted by molar-refractivity contribution is 7.81. The van der Waals surface area contributed by atoms with Crippen LogP contribution in [0.25, 0.3) is 0 Å². The van der Waals surface area contributed by atoms with Crippen molar-refractivity contribution in [3.63, 3.8) is 0 Å². The molecule has 0 heterocycles. The summed E-state index contributed by atoms with van der Waals surface area (Å²) >= 11 is 4.26. The normalized spacial score (nSPS) is 12.3. The fraction of sp³-hybridized carbons (Fsp3) is 0.417. The Kier molecular flexibility index (Phi) is 4.68. The Morgan fingerprint density at radius 1 is 1.44 bits per heavy atom. The number of methoxy groups -OCH3 is 1. The fourth-order valence-electron chi connectivity index (χ4n) is 1.22. The molecule has 0 radical (unpaired) electrons. The third-order valence-electron chi connectivity index (χ3n) is 2.24. The van der Waals surface area contributed by atoms with Gasteiger partial charge in [0, 0.05) is 11.8 Å². The Morgan fingerprint density at radius 3 is 2.69 bits per heavy atom. The number of hydrogen-bond acceptors (Lipinski definition) is 3. The van der Waals surface area contributed by atoms with E-state index in [0.717, 1.165) is 11.4 Å². The molecule has 0 saturated carbocycles. The highest BCUT2D eigenvalue weighted by Gasteiger charge is 2.17. The van der Waals surface area contributed by atoms with Gasteiger partial charge in [0.05, 0.1) is 12.4 Å². The van der Waals surface area contributed by atoms with Gasteiger partial charge in [0.2, 0.25) is 5.91 Å². The van der Waals surface area contributed by atoms with E-state index in [-0.39, 0.29) is 17.1 Å². The maximum absolute atomic E-state index is 11.7. The first-order valence-corrected chi connectivity index (χ1v) is 5.69. The van der Waals surface area contributed by atoms with Gasteiger partial charge in [-0.25, -0.2) is 0 Å². The van der Waals surface area contributed by atoms with E-state index in [1.165, 1.54) is 0 Å². The van der Waals surface area contributed by atoms with E-state index >= 15 is 0 Å². The first-order chi connectivity index (χ1) is 7.54. The summed E-state index contributed by atoms with van der Waals surface area (Å²) in [6.45, 7) is 3.92. The molecular formula is C12H17NO2S. The second kappa shape index (κ2) is 5.80. The summed E-state index contributed by atoms with van der Waals surface area (Å²) in [5.41, 5.74) is 0.726. The van der Waals surface area contributed by atoms with E-state index in [9.17, 15) is 4.79 Å². The van der Waals surface area contributed by atoms with Crippen molar-refractivity contribution in [3.8, 4) is 5.75 Å². The lowest BCUT2D eigenvalue weighted by molar-refractivity contribution is -0.116. The van der Waals surface area contributed by atoms with E-state index in [0.29, 0.717) is 0 Å². The Morgan fingerprint density at radius 2 is 2.12 bits per heavy atom. The van der Waals surface area contributed by atoms with Crippen molar-refractivity contribution >= 4 is 24.2 Å². The second-order valence-corrected chi connectivity index (χ2v) is 4.47. The molecular weight excluding hydrogens is 222 g/mol. The van der Waals surface area contributed by atoms with Gasteiger partial charge >= 0.3 is 0 Å². The summed E-state index contributed by atoms with van der Waals surface area (Å²) in [6.07, 6.45) is 0. The number of hydrogen-bond donors (Lipinski definition) is 2. The zero-order chi connectivity index (χ0) is 12.1. The highest BCUT2D eigenvalue weighted by atomic mass is 32.1. The average Bonchev–Trinajstić information content (AvgIpc) is 2.28. The molecule has 0 bridgehead atoms. The summed E-state index contributed by atoms with van der Waals surface area (Å²) in [5.74, 6) is 0.832. The predicted molar refractivity (Wildman–Crippen MR) is 69.2 cm³/mol. The van der Waals surface area contributed by atoms with Crippen molar-refractivity contribution in [2.45, 2.75) is 19.1 Å². The second-order valence-electron chi connectivity index (χ2n) is 3.91. The number of rotatable bonds is 4. The minimum absolute atomic E-state index is 0.0911. The monoisotopic (exact) mass is 239 g/mol. The van der Waals surface area contributed by atoms with E-state index in [2.05, 4.69) is 17.9 Å². The molecule has 1 atom stereocenters. The predicted octanol–water partition coefficient (Wildman–Crippen LogP) is 2.59. The van der Waals surface area contributed by atoms with Gasteiger partial charge in [0.1, 0.15) is 5.75 Å². The van der Waals surface area contributed by atoms with Crippen LogP contribution in [-0.4, -0.2) is 18.3 Å². The topological polar surface area (TPSA) is 38.3 Å². The number of benzene rings is 1. The van der Waals surface area contributed by atoms with Crippen LogP contribution in [0.4, 0.5) is 5.69 Å². The zero-order valence-electron chi connectivity index (χ0n) is 9.73. The van der Waals surface area contributed by atoms with Gasteiger partial charge in [-0.2, -0.15) is 12.6 Å². The van der Waals surface area contributed by atoms with Crippen LogP contribution in [0, 0.1) is 5.92 Å². The number of carbonyl (C=O) groups is 1. The lowest BCUT2D eigenvalue weighted by Crippen LogP contribution is -2.27. The van der Waals surface area contributed by atoms with Gasteiger partial charge < -0.3 is 10.1 Å². The van der Waals surface area contributed by atoms with Crippen molar-refractivity contribution in [2.75, 3.05) is 12.4 Å². The van der Waals surface area contributed by atoms with Crippen molar-refractivity contribution in [3.05, 3.63) is 24.3 Å². The molecule has 4 heteroatoms. The Labute approximate surface area is 102 Å². The molecule has 0 fully saturated rings. The van der Waals surface area contributed by atoms with E-state index in [1.54, 1.807) is 13.2 Å². The van der Waals surface area contributed by atoms with Crippen molar-refractivity contribution in [1.82, 2.24) is 0 Å². The number of carbonyl (C=O) groups excluding carboxylic acids is 1. The third-order valence-corrected chi connectivity index (χ3v) is 3.07. The minimum Gasteiger partial charge on any atom is -0.497 e. The van der Waals surface area contributed by atoms with Crippen LogP contribution >= 0.6 is 12.6 Å². The SMILES string of the molecule is COc1cccc(NC(=O)C(S)C(C)C)c1. The zero-order valence-corrected chi connectivity index (χ0v) is 10.6. The molecule has 1 aromatic rings. The molecule has 0 aliphatic rings. The summed E-state index contributed by atoms with van der Waals surface area (Å²) in [5, 5.41) is 2.50. The molecule has 0 aromatic heterocycles. The molecule has 1 aromatic carbocycles. The Balaban J connectivity index is 2.69. The van der Waals surface area contributed by atoms with Crippen molar-refractivity contribution in [2.24, 2.45) is 5.92 Å². The quantitative estimate of drug-likeness (QED) is 0.793. The van der Waals surface area contributed by atoms with Gasteiger partial charge in [0.15, 0.2) is 0 Å². The lowest BCUT2D eigenvalue weighted by Gasteiger charge is -2.14. The highest BCUT2D eigenvalue weighted by Crippen LogP contribution is 2.18. The molecule has 1 unspecified atom stereocenters. The molecule has 1 amide bonds. The standard InChI is InChI=1S/C12H17NO2S/c1-8(2)11(16)12(14)13-9-5-4-6-10(7-9)15-3/h4-8,11,16H,1-3H3,(H,13,14). The summed E-state index contributed by atoms with van der Waals surface area (Å²) in [4.78, 5) is 11.7. The minimum atomic E-state index is -0.300. The van der Waals surface area contributed by atoms with E-state index in [4.69, 9.17) is 4.74 Å². The lowest BCUT2D eigenvalue weighted by atomic mass is 10.1. The largest absolute Gasteiger partial charge is 0.497 e. The molecule has 3 nitrogen and oxygen atoms in total. The van der Waals surface area contributed by atoms with Crippen LogP contribution in [0.1, 0.15) is 13.8 Å². The molecule has 1 rings (SSSR count). The maximum atomic E-state index is 11.7. The van der Waals surface area contributed by atoms with E-state index in [1.807, 2.05) is 32.0 Å². The fourth-order valence-corrected chi connectivity index (χ4v) is 1.28. The average molecular weight is 239 g/mol. The summed E-state index contributed by atoms with van der Waals surface area (Å²) < 4.78 is 5.07. The van der Waals surface area contributed by atoms with Crippen LogP contribution in [0.5, 0.6) is 5.75 Å². The molecule has 0 saturated heterocycles. The van der Waals surface area contributed by atoms with Crippen molar-refractivity contribution < 1.29 is 9.53 Å². The number of thiol groups is 1. The van der Waals surface area contributed by atoms with Crippen LogP contribution in [-0.2, 0) is 4.79 Å². The first-order valence-electron chi connectivity index (χ1n) is 5.17. The van der Waals surface area contributed by atoms with Crippen LogP contribution in [0.15, 0.2) is 24.3 Å². The molecule has 88 valence electrons. The molecule has 16 heavy (non-hydrogen) atoms. The maximum Gasteiger partial charge on any atom is 0.237 e. The number of ether oxygens (including phenoxy) is 1. The van der Waals surface area contributed by atoms with Crippen LogP contribution in [0.3, 0.4) is 0 Å². The van der Waals surface area contributed by atoms with Gasteiger partial charge in [0.25, 0.3) is 0 Å². The Hall–Kier alpha value is -1.16. The van der Waals surface area contributed by atoms with Crippen LogP contribution < -0.4 is 10.1 Å². The third kappa shape index (κ3) is 3.45. The van der Waals surface area contributed by atoms with Gasteiger partial charge in [-0.1, -0.05) is 19.9 Å². The summed E-state index contributed by atoms with van der Waals surface area (Å²) in [7, 11) is 1.59. The molecule has 0 spiro atoms. The number of nitrogens with one attached hydrogen (secondary N) is 1. The summed E-state index contributed by atoms with van der Waals surface area (Å²) in [6, 6.07) is 7.26. The van der Waals surface area contributed by atoms with Gasteiger partial charge in [-0.05, 0) is 18.1 Å². The van der Waals surface area contributed by atoms with Gasteiger partial charge in [-0.15, -0.1) is 0 Å². The van der Waals surface area contributed by atoms with Crippen molar-refractivity contribution in [1.29, 1.82) is 0 Å². The van der Waals surface area contributed by atoms with Gasteiger partial charge in [-0.3, -0.25) is 4.79 Å². The number of anilines is 1. The van der Waals surface area contributed by atoms with E-state index < -0.39 is 0 Å². The van der Waals surface area contributed by atoms with Crippen LogP contribution in [0.2, 0.25) is 0 Å². The molecule has 0 aliphatic carbocycles.